The van der Waals surface area contributed by atoms with E-state index >= 15 is 4.39 Å². The largest absolute Gasteiger partial charge is 0.326 e. The molecule has 2 unspecified atom stereocenters. The summed E-state index contributed by atoms with van der Waals surface area (Å²) in [5, 5.41) is 10.4. The first-order valence-corrected chi connectivity index (χ1v) is 32.2. The van der Waals surface area contributed by atoms with Gasteiger partial charge in [0.1, 0.15) is 28.9 Å². The molecular weight excluding hydrogens is 1160 g/mol. The predicted octanol–water partition coefficient (Wildman–Crippen LogP) is 13.1. The highest BCUT2D eigenvalue weighted by Crippen LogP contribution is 2.57. The highest BCUT2D eigenvalue weighted by molar-refractivity contribution is 7.89. The van der Waals surface area contributed by atoms with E-state index in [1.807, 2.05) is 79.1 Å². The third-order valence-electron chi connectivity index (χ3n) is 16.5. The van der Waals surface area contributed by atoms with Gasteiger partial charge in [0, 0.05) is 63.9 Å². The summed E-state index contributed by atoms with van der Waals surface area (Å²) in [7, 11) is -3.55. The number of rotatable bonds is 13. The number of sulfone groups is 1. The van der Waals surface area contributed by atoms with Crippen molar-refractivity contribution in [1.82, 2.24) is 29.3 Å². The van der Waals surface area contributed by atoms with E-state index in [0.29, 0.717) is 98.0 Å². The summed E-state index contributed by atoms with van der Waals surface area (Å²) in [6.07, 6.45) is 9.95. The molecule has 4 aliphatic rings. The smallest absolute Gasteiger partial charge is 0.276 e. The minimum Gasteiger partial charge on any atom is -0.326 e. The van der Waals surface area contributed by atoms with Crippen LogP contribution in [0.1, 0.15) is 111 Å². The lowest BCUT2D eigenvalue weighted by Crippen LogP contribution is -2.33. The third kappa shape index (κ3) is 10.6. The number of anilines is 4. The normalized spacial score (nSPS) is 16.0. The number of aromatic nitrogens is 6. The van der Waals surface area contributed by atoms with Crippen molar-refractivity contribution in [2.75, 3.05) is 39.8 Å². The van der Waals surface area contributed by atoms with Gasteiger partial charge < -0.3 is 25.0 Å². The quantitative estimate of drug-likeness (QED) is 0.112. The van der Waals surface area contributed by atoms with Crippen LogP contribution in [0.3, 0.4) is 0 Å². The number of carbonyl (C=O) groups is 4. The zero-order valence-electron chi connectivity index (χ0n) is 47.3. The summed E-state index contributed by atoms with van der Waals surface area (Å²) in [6.45, 7) is 4.07. The SMILES string of the molecule is Cc1cccc(F)c1NC(=O)c1cc2c(s1)-c1ccccc1N(C(=O)c1cccc(-c3cn(CS(C)(=O)=O)nc3C3CC3c3cc(C)c(NC(=O)c4cc5c(s4)-c4ccccc4N(C(=O)c4cccc(-c6cncn6C6CC6)n4)CC5)c(F)c3)n1)CC2. The number of halogens is 2. The summed E-state index contributed by atoms with van der Waals surface area (Å²) >= 11 is 2.56. The third-order valence-corrected chi connectivity index (χ3v) is 19.6. The molecule has 16 nitrogen and oxygen atoms in total. The Labute approximate surface area is 507 Å². The molecule has 10 aromatic rings. The van der Waals surface area contributed by atoms with Gasteiger partial charge >= 0.3 is 0 Å². The van der Waals surface area contributed by atoms with Crippen LogP contribution in [-0.2, 0) is 28.6 Å². The number of fused-ring (bicyclic) bond motifs is 6. The van der Waals surface area contributed by atoms with Gasteiger partial charge in [0.25, 0.3) is 23.6 Å². The zero-order valence-corrected chi connectivity index (χ0v) is 49.7. The maximum Gasteiger partial charge on any atom is 0.276 e. The Morgan fingerprint density at radius 3 is 1.80 bits per heavy atom. The first-order chi connectivity index (χ1) is 42.0. The van der Waals surface area contributed by atoms with Crippen molar-refractivity contribution >= 4 is 78.9 Å². The first kappa shape index (κ1) is 55.6. The van der Waals surface area contributed by atoms with Crippen LogP contribution in [0.4, 0.5) is 31.5 Å². The molecule has 21 heteroatoms. The van der Waals surface area contributed by atoms with Crippen molar-refractivity contribution in [3.8, 4) is 43.5 Å². The molecule has 8 heterocycles. The van der Waals surface area contributed by atoms with E-state index in [4.69, 9.17) is 15.1 Å². The van der Waals surface area contributed by atoms with Crippen LogP contribution in [0.5, 0.6) is 0 Å². The van der Waals surface area contributed by atoms with Crippen molar-refractivity contribution in [2.45, 2.75) is 69.7 Å². The van der Waals surface area contributed by atoms with Gasteiger partial charge in [0.05, 0.1) is 67.8 Å². The molecule has 0 radical (unpaired) electrons. The standard InChI is InChI=1S/C66H54F2N10O6S3/c1-36-11-8-14-47(67)58(36)72-63(79)56-29-38-23-25-76(53-19-6-4-12-42(53)61(38)85-56)65(81)51-17-9-15-49(70-51)46-33-75(35-87(3,83)84)74-60(46)45-31-44(45)40-27-37(2)59(48(68)28-40)73-64(80)57-30-39-24-26-77(54-20-7-5-13-43(54)62(39)86-57)66(82)52-18-10-16-50(71-52)55-32-69-34-78(55)41-21-22-41/h4-20,27-30,32-34,41,44-45H,21-26,31,35H2,1-3H3,(H,72,79)(H,73,80). The van der Waals surface area contributed by atoms with Crippen molar-refractivity contribution in [3.05, 3.63) is 212 Å². The lowest BCUT2D eigenvalue weighted by atomic mass is 10.0. The molecule has 6 aromatic heterocycles. The van der Waals surface area contributed by atoms with Crippen LogP contribution < -0.4 is 20.4 Å². The fourth-order valence-electron chi connectivity index (χ4n) is 12.0. The molecule has 2 aliphatic carbocycles. The number of para-hydroxylation sites is 3. The van der Waals surface area contributed by atoms with E-state index in [2.05, 4.69) is 20.2 Å². The molecule has 2 atom stereocenters. The average Bonchev–Trinajstić information content (AvgIpc) is 1.72. The summed E-state index contributed by atoms with van der Waals surface area (Å²) in [6, 6.07) is 37.5. The van der Waals surface area contributed by atoms with Crippen LogP contribution in [0.25, 0.3) is 43.5 Å². The Hall–Kier alpha value is -9.31. The van der Waals surface area contributed by atoms with Crippen molar-refractivity contribution in [3.63, 3.8) is 0 Å². The number of benzene rings is 4. The molecule has 87 heavy (non-hydrogen) atoms. The Kier molecular flexibility index (Phi) is 14.0. The summed E-state index contributed by atoms with van der Waals surface area (Å²) < 4.78 is 60.0. The first-order valence-electron chi connectivity index (χ1n) is 28.5. The molecule has 0 spiro atoms. The second-order valence-corrected chi connectivity index (χ2v) is 26.8. The Morgan fingerprint density at radius 2 is 1.22 bits per heavy atom. The molecule has 2 saturated carbocycles. The van der Waals surface area contributed by atoms with Gasteiger partial charge in [-0.1, -0.05) is 66.7 Å². The number of nitrogens with one attached hydrogen (secondary N) is 2. The highest BCUT2D eigenvalue weighted by Gasteiger charge is 2.44. The number of hydrogen-bond acceptors (Lipinski definition) is 12. The van der Waals surface area contributed by atoms with Crippen LogP contribution in [0.2, 0.25) is 0 Å². The lowest BCUT2D eigenvalue weighted by Gasteiger charge is -2.23. The Balaban J connectivity index is 0.685. The number of nitrogens with zero attached hydrogens (tertiary/aromatic N) is 8. The van der Waals surface area contributed by atoms with Gasteiger partial charge in [-0.3, -0.25) is 23.9 Å². The zero-order chi connectivity index (χ0) is 60.0. The Bertz CT molecular complexity index is 4580. The highest BCUT2D eigenvalue weighted by atomic mass is 32.2. The summed E-state index contributed by atoms with van der Waals surface area (Å²) in [5.41, 5.74) is 10.1. The predicted molar refractivity (Wildman–Crippen MR) is 333 cm³/mol. The van der Waals surface area contributed by atoms with Gasteiger partial charge in [0.15, 0.2) is 9.84 Å². The molecule has 2 aliphatic heterocycles. The number of carbonyl (C=O) groups excluding carboxylic acids is 4. The molecule has 0 bridgehead atoms. The topological polar surface area (TPSA) is 194 Å². The molecule has 436 valence electrons. The molecule has 4 aromatic carbocycles. The fourth-order valence-corrected chi connectivity index (χ4v) is 14.9. The maximum absolute atomic E-state index is 16.5. The van der Waals surface area contributed by atoms with Gasteiger partial charge in [-0.15, -0.1) is 22.7 Å². The minimum atomic E-state index is -3.55. The van der Waals surface area contributed by atoms with Gasteiger partial charge in [-0.2, -0.15) is 5.10 Å². The van der Waals surface area contributed by atoms with E-state index < -0.39 is 39.2 Å². The lowest BCUT2D eigenvalue weighted by molar-refractivity contribution is 0.0975. The van der Waals surface area contributed by atoms with Gasteiger partial charge in [0.2, 0.25) is 0 Å². The number of thiophene rings is 2. The van der Waals surface area contributed by atoms with Crippen molar-refractivity contribution < 1.29 is 36.4 Å². The van der Waals surface area contributed by atoms with Gasteiger partial charge in [-0.25, -0.2) is 32.2 Å². The van der Waals surface area contributed by atoms with E-state index in [1.165, 1.54) is 39.5 Å². The van der Waals surface area contributed by atoms with Crippen LogP contribution in [0.15, 0.2) is 146 Å². The maximum atomic E-state index is 16.5. The molecule has 4 amide bonds. The van der Waals surface area contributed by atoms with E-state index in [-0.39, 0.29) is 47.3 Å². The average molecular weight is 1220 g/mol. The van der Waals surface area contributed by atoms with E-state index in [1.54, 1.807) is 78.5 Å². The molecule has 2 fully saturated rings. The minimum absolute atomic E-state index is 0.0481. The van der Waals surface area contributed by atoms with E-state index in [0.717, 1.165) is 56.8 Å². The fraction of sp³-hybridized carbons (Fsp3) is 0.212. The summed E-state index contributed by atoms with van der Waals surface area (Å²) in [5.74, 6) is -3.53. The van der Waals surface area contributed by atoms with Gasteiger partial charge in [-0.05, 0) is 140 Å². The molecule has 14 rings (SSSR count). The van der Waals surface area contributed by atoms with Crippen LogP contribution in [-0.4, -0.2) is 80.7 Å². The van der Waals surface area contributed by atoms with E-state index in [9.17, 15) is 32.0 Å². The monoisotopic (exact) mass is 1220 g/mol. The number of amides is 4. The molecule has 0 saturated heterocycles. The number of pyridine rings is 2. The number of aryl methyl sites for hydroxylation is 2. The van der Waals surface area contributed by atoms with Crippen molar-refractivity contribution in [1.29, 1.82) is 0 Å². The molecule has 2 N–H and O–H groups in total. The Morgan fingerprint density at radius 1 is 0.644 bits per heavy atom. The van der Waals surface area contributed by atoms with Crippen LogP contribution in [0, 0.1) is 25.5 Å². The summed E-state index contributed by atoms with van der Waals surface area (Å²) in [4.78, 5) is 76.7. The second-order valence-electron chi connectivity index (χ2n) is 22.6. The van der Waals surface area contributed by atoms with Crippen molar-refractivity contribution in [2.24, 2.45) is 0 Å². The number of hydrogen-bond donors (Lipinski definition) is 2. The molecular formula is C66H54F2N10O6S3. The second kappa shape index (κ2) is 21.9. The number of imidazole rings is 1. The van der Waals surface area contributed by atoms with Crippen LogP contribution >= 0.6 is 22.7 Å².